The third-order valence-corrected chi connectivity index (χ3v) is 3.57. The summed E-state index contributed by atoms with van der Waals surface area (Å²) in [5, 5.41) is 4.35. The van der Waals surface area contributed by atoms with Crippen LogP contribution in [0.5, 0.6) is 0 Å². The van der Waals surface area contributed by atoms with Gasteiger partial charge >= 0.3 is 0 Å². The van der Waals surface area contributed by atoms with Crippen molar-refractivity contribution in [1.82, 2.24) is 9.97 Å². The normalized spacial score (nSPS) is 10.7. The number of anilines is 1. The van der Waals surface area contributed by atoms with Crippen molar-refractivity contribution >= 4 is 17.6 Å². The van der Waals surface area contributed by atoms with Gasteiger partial charge in [-0.1, -0.05) is 26.7 Å². The molecule has 0 saturated carbocycles. The lowest BCUT2D eigenvalue weighted by Crippen LogP contribution is -2.06. The fourth-order valence-electron chi connectivity index (χ4n) is 1.61. The highest BCUT2D eigenvalue weighted by Gasteiger charge is 2.05. The average molecular weight is 283 g/mol. The van der Waals surface area contributed by atoms with Crippen LogP contribution < -0.4 is 5.32 Å². The Morgan fingerprint density at radius 1 is 1.21 bits per heavy atom. The standard InChI is InChI=1S/C14H25N3OS/c1-4-6-7-9-19-14-10-12(15-8-5-2)16-13(17-14)11-18-3/h10H,4-9,11H2,1-3H3,(H,15,16,17). The van der Waals surface area contributed by atoms with Crippen molar-refractivity contribution in [3.05, 3.63) is 11.9 Å². The van der Waals surface area contributed by atoms with Gasteiger partial charge in [-0.15, -0.1) is 11.8 Å². The molecule has 0 radical (unpaired) electrons. The second-order valence-electron chi connectivity index (χ2n) is 4.42. The van der Waals surface area contributed by atoms with Gasteiger partial charge in [0.1, 0.15) is 17.5 Å². The molecule has 4 nitrogen and oxygen atoms in total. The molecule has 5 heteroatoms. The highest BCUT2D eigenvalue weighted by Crippen LogP contribution is 2.20. The van der Waals surface area contributed by atoms with Crippen LogP contribution in [0.1, 0.15) is 45.4 Å². The molecule has 0 amide bonds. The second-order valence-corrected chi connectivity index (χ2v) is 5.54. The van der Waals surface area contributed by atoms with E-state index in [4.69, 9.17) is 4.74 Å². The number of thioether (sulfide) groups is 1. The Hall–Kier alpha value is -0.810. The van der Waals surface area contributed by atoms with Crippen LogP contribution in [-0.4, -0.2) is 29.4 Å². The topological polar surface area (TPSA) is 47.0 Å². The summed E-state index contributed by atoms with van der Waals surface area (Å²) < 4.78 is 5.12. The van der Waals surface area contributed by atoms with Crippen molar-refractivity contribution in [3.8, 4) is 0 Å². The van der Waals surface area contributed by atoms with Crippen LogP contribution in [0.4, 0.5) is 5.82 Å². The van der Waals surface area contributed by atoms with Gasteiger partial charge in [-0.2, -0.15) is 0 Å². The Bertz CT molecular complexity index is 361. The zero-order valence-corrected chi connectivity index (χ0v) is 13.1. The third kappa shape index (κ3) is 6.78. The van der Waals surface area contributed by atoms with Gasteiger partial charge < -0.3 is 10.1 Å². The SMILES string of the molecule is CCCCCSc1cc(NCCC)nc(COC)n1. The van der Waals surface area contributed by atoms with Gasteiger partial charge in [0.25, 0.3) is 0 Å². The number of methoxy groups -OCH3 is 1. The molecule has 0 aliphatic rings. The van der Waals surface area contributed by atoms with Crippen molar-refractivity contribution < 1.29 is 4.74 Å². The molecule has 0 aromatic carbocycles. The number of ether oxygens (including phenoxy) is 1. The lowest BCUT2D eigenvalue weighted by molar-refractivity contribution is 0.177. The van der Waals surface area contributed by atoms with Crippen LogP contribution in [-0.2, 0) is 11.3 Å². The van der Waals surface area contributed by atoms with Crippen LogP contribution in [0.3, 0.4) is 0 Å². The minimum absolute atomic E-state index is 0.462. The van der Waals surface area contributed by atoms with Gasteiger partial charge in [0.2, 0.25) is 0 Å². The summed E-state index contributed by atoms with van der Waals surface area (Å²) in [4.78, 5) is 8.96. The monoisotopic (exact) mass is 283 g/mol. The van der Waals surface area contributed by atoms with Crippen molar-refractivity contribution in [2.24, 2.45) is 0 Å². The number of nitrogens with zero attached hydrogens (tertiary/aromatic N) is 2. The molecule has 1 rings (SSSR count). The molecule has 1 aromatic heterocycles. The predicted octanol–water partition coefficient (Wildman–Crippen LogP) is 3.73. The molecule has 0 aliphatic heterocycles. The van der Waals surface area contributed by atoms with Crippen molar-refractivity contribution in [3.63, 3.8) is 0 Å². The van der Waals surface area contributed by atoms with Crippen LogP contribution in [0.25, 0.3) is 0 Å². The second kappa shape index (κ2) is 10.0. The van der Waals surface area contributed by atoms with Gasteiger partial charge in [-0.3, -0.25) is 0 Å². The van der Waals surface area contributed by atoms with Gasteiger partial charge in [0, 0.05) is 19.7 Å². The Kier molecular flexibility index (Phi) is 8.58. The number of hydrogen-bond donors (Lipinski definition) is 1. The van der Waals surface area contributed by atoms with E-state index in [1.54, 1.807) is 18.9 Å². The summed E-state index contributed by atoms with van der Waals surface area (Å²) >= 11 is 1.80. The van der Waals surface area contributed by atoms with Crippen LogP contribution in [0.2, 0.25) is 0 Å². The Labute approximate surface area is 120 Å². The lowest BCUT2D eigenvalue weighted by atomic mass is 10.3. The summed E-state index contributed by atoms with van der Waals surface area (Å²) in [6, 6.07) is 2.03. The minimum atomic E-state index is 0.462. The number of nitrogens with one attached hydrogen (secondary N) is 1. The zero-order valence-electron chi connectivity index (χ0n) is 12.2. The van der Waals surface area contributed by atoms with E-state index < -0.39 is 0 Å². The van der Waals surface area contributed by atoms with E-state index in [1.165, 1.54) is 19.3 Å². The summed E-state index contributed by atoms with van der Waals surface area (Å²) in [6.07, 6.45) is 4.86. The molecule has 1 heterocycles. The van der Waals surface area contributed by atoms with Crippen LogP contribution in [0, 0.1) is 0 Å². The number of rotatable bonds is 10. The van der Waals surface area contributed by atoms with Crippen LogP contribution >= 0.6 is 11.8 Å². The maximum absolute atomic E-state index is 5.12. The summed E-state index contributed by atoms with van der Waals surface area (Å²) in [6.45, 7) is 5.76. The number of unbranched alkanes of at least 4 members (excludes halogenated alkanes) is 2. The first-order valence-corrected chi connectivity index (χ1v) is 8.02. The molecule has 0 spiro atoms. The fourth-order valence-corrected chi connectivity index (χ4v) is 2.54. The molecular formula is C14H25N3OS. The Morgan fingerprint density at radius 2 is 2.05 bits per heavy atom. The lowest BCUT2D eigenvalue weighted by Gasteiger charge is -2.09. The van der Waals surface area contributed by atoms with Crippen LogP contribution in [0.15, 0.2) is 11.1 Å². The van der Waals surface area contributed by atoms with E-state index in [2.05, 4.69) is 29.1 Å². The maximum atomic E-state index is 5.12. The first kappa shape index (κ1) is 16.2. The highest BCUT2D eigenvalue weighted by atomic mass is 32.2. The smallest absolute Gasteiger partial charge is 0.157 e. The van der Waals surface area contributed by atoms with Gasteiger partial charge in [0.15, 0.2) is 5.82 Å². The Balaban J connectivity index is 2.63. The number of aromatic nitrogens is 2. The average Bonchev–Trinajstić information content (AvgIpc) is 2.42. The molecule has 0 bridgehead atoms. The molecule has 0 unspecified atom stereocenters. The molecule has 1 N–H and O–H groups in total. The van der Waals surface area contributed by atoms with E-state index in [-0.39, 0.29) is 0 Å². The zero-order chi connectivity index (χ0) is 13.9. The molecule has 19 heavy (non-hydrogen) atoms. The van der Waals surface area contributed by atoms with Crippen molar-refractivity contribution in [2.75, 3.05) is 24.7 Å². The largest absolute Gasteiger partial charge is 0.377 e. The minimum Gasteiger partial charge on any atom is -0.377 e. The molecule has 0 fully saturated rings. The van der Waals surface area contributed by atoms with Gasteiger partial charge in [-0.05, 0) is 18.6 Å². The maximum Gasteiger partial charge on any atom is 0.157 e. The molecule has 1 aromatic rings. The van der Waals surface area contributed by atoms with Crippen molar-refractivity contribution in [1.29, 1.82) is 0 Å². The predicted molar refractivity (Wildman–Crippen MR) is 81.8 cm³/mol. The molecule has 0 atom stereocenters. The number of hydrogen-bond acceptors (Lipinski definition) is 5. The van der Waals surface area contributed by atoms with E-state index >= 15 is 0 Å². The van der Waals surface area contributed by atoms with Crippen molar-refractivity contribution in [2.45, 2.75) is 51.2 Å². The molecule has 0 saturated heterocycles. The molecule has 0 aliphatic carbocycles. The third-order valence-electron chi connectivity index (χ3n) is 2.58. The summed E-state index contributed by atoms with van der Waals surface area (Å²) in [5.41, 5.74) is 0. The van der Waals surface area contributed by atoms with Gasteiger partial charge in [-0.25, -0.2) is 9.97 Å². The fraction of sp³-hybridized carbons (Fsp3) is 0.714. The van der Waals surface area contributed by atoms with E-state index in [0.29, 0.717) is 6.61 Å². The van der Waals surface area contributed by atoms with E-state index in [1.807, 2.05) is 6.07 Å². The summed E-state index contributed by atoms with van der Waals surface area (Å²) in [5.74, 6) is 2.77. The first-order valence-electron chi connectivity index (χ1n) is 7.03. The highest BCUT2D eigenvalue weighted by molar-refractivity contribution is 7.99. The van der Waals surface area contributed by atoms with E-state index in [9.17, 15) is 0 Å². The Morgan fingerprint density at radius 3 is 2.74 bits per heavy atom. The van der Waals surface area contributed by atoms with Gasteiger partial charge in [0.05, 0.1) is 0 Å². The first-order chi connectivity index (χ1) is 9.30. The quantitative estimate of drug-likeness (QED) is 0.403. The summed E-state index contributed by atoms with van der Waals surface area (Å²) in [7, 11) is 1.67. The molecular weight excluding hydrogens is 258 g/mol. The van der Waals surface area contributed by atoms with E-state index in [0.717, 1.165) is 35.4 Å². The molecule has 108 valence electrons.